The molecule has 1 atom stereocenters. The van der Waals surface area contributed by atoms with Gasteiger partial charge in [0.2, 0.25) is 17.5 Å². The predicted octanol–water partition coefficient (Wildman–Crippen LogP) is 3.75. The molecule has 0 aliphatic heterocycles. The van der Waals surface area contributed by atoms with E-state index in [0.29, 0.717) is 34.6 Å². The van der Waals surface area contributed by atoms with Crippen LogP contribution in [0.25, 0.3) is 28.1 Å². The van der Waals surface area contributed by atoms with Crippen molar-refractivity contribution in [2.45, 2.75) is 37.2 Å². The maximum Gasteiger partial charge on any atom is 0.262 e. The molecular weight excluding hydrogens is 414 g/mol. The highest BCUT2D eigenvalue weighted by atomic mass is 32.2. The molecule has 5 rings (SSSR count). The van der Waals surface area contributed by atoms with Gasteiger partial charge in [0.1, 0.15) is 0 Å². The molecule has 0 radical (unpaired) electrons. The van der Waals surface area contributed by atoms with E-state index in [9.17, 15) is 4.79 Å². The van der Waals surface area contributed by atoms with E-state index in [1.165, 1.54) is 11.8 Å². The van der Waals surface area contributed by atoms with Crippen molar-refractivity contribution < 1.29 is 4.52 Å². The van der Waals surface area contributed by atoms with Crippen molar-refractivity contribution in [2.75, 3.05) is 0 Å². The van der Waals surface area contributed by atoms with Crippen LogP contribution in [-0.2, 0) is 6.54 Å². The van der Waals surface area contributed by atoms with Crippen LogP contribution >= 0.6 is 11.8 Å². The van der Waals surface area contributed by atoms with E-state index in [0.717, 1.165) is 17.5 Å². The summed E-state index contributed by atoms with van der Waals surface area (Å²) in [5.74, 6) is 1.50. The van der Waals surface area contributed by atoms with Gasteiger partial charge >= 0.3 is 0 Å². The Balaban J connectivity index is 1.56. The molecule has 0 unspecified atom stereocenters. The van der Waals surface area contributed by atoms with Gasteiger partial charge in [-0.05, 0) is 37.6 Å². The van der Waals surface area contributed by atoms with Gasteiger partial charge in [-0.2, -0.15) is 4.98 Å². The highest BCUT2D eigenvalue weighted by Crippen LogP contribution is 2.34. The predicted molar refractivity (Wildman–Crippen MR) is 117 cm³/mol. The Morgan fingerprint density at radius 1 is 1.16 bits per heavy atom. The standard InChI is InChI=1S/C21H19N7O2S/c1-3-11-27-19(29)15-8-4-5-9-16(15)28-20(27)24-25-21(28)31-13(2)18-23-17(26-30-18)14-7-6-10-22-12-14/h4-10,12-13H,3,11H2,1-2H3/t13-/m1/s1. The second kappa shape index (κ2) is 7.95. The summed E-state index contributed by atoms with van der Waals surface area (Å²) in [6.07, 6.45) is 4.21. The molecule has 0 amide bonds. The monoisotopic (exact) mass is 433 g/mol. The molecule has 0 spiro atoms. The zero-order chi connectivity index (χ0) is 21.4. The number of aromatic nitrogens is 7. The molecule has 5 aromatic rings. The molecule has 0 N–H and O–H groups in total. The maximum atomic E-state index is 13.0. The number of hydrogen-bond donors (Lipinski definition) is 0. The van der Waals surface area contributed by atoms with Crippen molar-refractivity contribution in [1.29, 1.82) is 0 Å². The van der Waals surface area contributed by atoms with Gasteiger partial charge in [-0.3, -0.25) is 18.7 Å². The quantitative estimate of drug-likeness (QED) is 0.373. The highest BCUT2D eigenvalue weighted by Gasteiger charge is 2.22. The molecule has 0 saturated heterocycles. The van der Waals surface area contributed by atoms with Crippen LogP contribution < -0.4 is 5.56 Å². The third-order valence-electron chi connectivity index (χ3n) is 4.92. The van der Waals surface area contributed by atoms with Gasteiger partial charge in [0.25, 0.3) is 5.56 Å². The van der Waals surface area contributed by atoms with Gasteiger partial charge in [-0.25, -0.2) is 0 Å². The molecule has 4 aromatic heterocycles. The van der Waals surface area contributed by atoms with Crippen LogP contribution in [0, 0.1) is 0 Å². The van der Waals surface area contributed by atoms with Gasteiger partial charge in [-0.15, -0.1) is 10.2 Å². The van der Waals surface area contributed by atoms with Crippen LogP contribution in [0.5, 0.6) is 0 Å². The number of aryl methyl sites for hydroxylation is 1. The van der Waals surface area contributed by atoms with E-state index in [1.807, 2.05) is 54.6 Å². The van der Waals surface area contributed by atoms with Crippen molar-refractivity contribution in [1.82, 2.24) is 34.3 Å². The van der Waals surface area contributed by atoms with Crippen LogP contribution in [0.2, 0.25) is 0 Å². The number of fused-ring (bicyclic) bond motifs is 3. The lowest BCUT2D eigenvalue weighted by Gasteiger charge is -2.11. The summed E-state index contributed by atoms with van der Waals surface area (Å²) in [6, 6.07) is 11.2. The summed E-state index contributed by atoms with van der Waals surface area (Å²) >= 11 is 1.45. The van der Waals surface area contributed by atoms with E-state index in [-0.39, 0.29) is 10.8 Å². The summed E-state index contributed by atoms with van der Waals surface area (Å²) < 4.78 is 9.09. The van der Waals surface area contributed by atoms with Crippen LogP contribution in [0.15, 0.2) is 63.3 Å². The Hall–Kier alpha value is -3.53. The lowest BCUT2D eigenvalue weighted by Crippen LogP contribution is -2.23. The molecule has 0 fully saturated rings. The van der Waals surface area contributed by atoms with Crippen molar-refractivity contribution in [3.8, 4) is 11.4 Å². The molecule has 1 aromatic carbocycles. The zero-order valence-electron chi connectivity index (χ0n) is 17.0. The highest BCUT2D eigenvalue weighted by molar-refractivity contribution is 7.99. The normalized spacial score (nSPS) is 12.6. The Labute approximate surface area is 181 Å². The SMILES string of the molecule is CCCn1c(=O)c2ccccc2n2c(S[C@H](C)c3nc(-c4cccnc4)no3)nnc12. The molecule has 10 heteroatoms. The minimum Gasteiger partial charge on any atom is -0.338 e. The van der Waals surface area contributed by atoms with Gasteiger partial charge in [0, 0.05) is 24.5 Å². The first-order valence-electron chi connectivity index (χ1n) is 9.94. The largest absolute Gasteiger partial charge is 0.338 e. The Morgan fingerprint density at radius 3 is 2.84 bits per heavy atom. The third kappa shape index (κ3) is 3.38. The molecule has 4 heterocycles. The van der Waals surface area contributed by atoms with Gasteiger partial charge in [0.15, 0.2) is 5.16 Å². The topological polar surface area (TPSA) is 104 Å². The molecule has 0 saturated carbocycles. The second-order valence-corrected chi connectivity index (χ2v) is 8.36. The molecule has 9 nitrogen and oxygen atoms in total. The van der Waals surface area contributed by atoms with Crippen LogP contribution in [0.1, 0.15) is 31.4 Å². The Morgan fingerprint density at radius 2 is 2.03 bits per heavy atom. The fraction of sp³-hybridized carbons (Fsp3) is 0.238. The number of benzene rings is 1. The minimum absolute atomic E-state index is 0.0556. The van der Waals surface area contributed by atoms with Crippen LogP contribution in [0.3, 0.4) is 0 Å². The summed E-state index contributed by atoms with van der Waals surface area (Å²) in [5.41, 5.74) is 1.51. The number of para-hydroxylation sites is 1. The van der Waals surface area contributed by atoms with E-state index in [2.05, 4.69) is 25.3 Å². The van der Waals surface area contributed by atoms with E-state index in [4.69, 9.17) is 4.52 Å². The molecule has 0 aliphatic rings. The summed E-state index contributed by atoms with van der Waals surface area (Å²) in [6.45, 7) is 4.57. The van der Waals surface area contributed by atoms with Crippen molar-refractivity contribution in [3.63, 3.8) is 0 Å². The smallest absolute Gasteiger partial charge is 0.262 e. The number of hydrogen-bond acceptors (Lipinski definition) is 8. The lowest BCUT2D eigenvalue weighted by atomic mass is 10.2. The zero-order valence-corrected chi connectivity index (χ0v) is 17.8. The average molecular weight is 433 g/mol. The van der Waals surface area contributed by atoms with Gasteiger partial charge < -0.3 is 4.52 Å². The first kappa shape index (κ1) is 19.4. The lowest BCUT2D eigenvalue weighted by molar-refractivity contribution is 0.380. The summed E-state index contributed by atoms with van der Waals surface area (Å²) in [5, 5.41) is 13.9. The van der Waals surface area contributed by atoms with Gasteiger partial charge in [0.05, 0.1) is 16.2 Å². The van der Waals surface area contributed by atoms with E-state index < -0.39 is 0 Å². The first-order valence-corrected chi connectivity index (χ1v) is 10.8. The van der Waals surface area contributed by atoms with Crippen molar-refractivity contribution in [3.05, 3.63) is 65.0 Å². The van der Waals surface area contributed by atoms with E-state index in [1.54, 1.807) is 17.0 Å². The summed E-state index contributed by atoms with van der Waals surface area (Å²) in [4.78, 5) is 21.6. The molecule has 0 bridgehead atoms. The van der Waals surface area contributed by atoms with Gasteiger partial charge in [-0.1, -0.05) is 36.0 Å². The average Bonchev–Trinajstić information content (AvgIpc) is 3.45. The molecule has 31 heavy (non-hydrogen) atoms. The summed E-state index contributed by atoms with van der Waals surface area (Å²) in [7, 11) is 0. The fourth-order valence-corrected chi connectivity index (χ4v) is 4.34. The Bertz CT molecular complexity index is 1420. The van der Waals surface area contributed by atoms with E-state index >= 15 is 0 Å². The maximum absolute atomic E-state index is 13.0. The second-order valence-electron chi connectivity index (χ2n) is 7.05. The number of nitrogens with zero attached hydrogens (tertiary/aromatic N) is 7. The third-order valence-corrected chi connectivity index (χ3v) is 5.95. The van der Waals surface area contributed by atoms with Crippen molar-refractivity contribution in [2.24, 2.45) is 0 Å². The minimum atomic E-state index is -0.171. The number of rotatable bonds is 6. The van der Waals surface area contributed by atoms with Crippen molar-refractivity contribution >= 4 is 28.4 Å². The molecular formula is C21H19N7O2S. The number of thioether (sulfide) groups is 1. The molecule has 0 aliphatic carbocycles. The Kier molecular flexibility index (Phi) is 4.99. The van der Waals surface area contributed by atoms with Crippen LogP contribution in [0.4, 0.5) is 0 Å². The van der Waals surface area contributed by atoms with Crippen LogP contribution in [-0.4, -0.2) is 34.3 Å². The fourth-order valence-electron chi connectivity index (χ4n) is 3.46. The molecule has 156 valence electrons. The number of pyridine rings is 1. The first-order chi connectivity index (χ1) is 15.2.